The van der Waals surface area contributed by atoms with Crippen molar-refractivity contribution in [2.45, 2.75) is 20.4 Å². The van der Waals surface area contributed by atoms with E-state index >= 15 is 0 Å². The van der Waals surface area contributed by atoms with Crippen LogP contribution in [0.25, 0.3) is 0 Å². The topological polar surface area (TPSA) is 85.8 Å². The lowest BCUT2D eigenvalue weighted by Crippen LogP contribution is -2.30. The zero-order valence-corrected chi connectivity index (χ0v) is 18.3. The summed E-state index contributed by atoms with van der Waals surface area (Å²) in [6.45, 7) is 3.97. The Kier molecular flexibility index (Phi) is 7.15. The quantitative estimate of drug-likeness (QED) is 0.513. The molecule has 0 aliphatic carbocycles. The van der Waals surface area contributed by atoms with Crippen LogP contribution in [0.3, 0.4) is 0 Å². The molecule has 31 heavy (non-hydrogen) atoms. The van der Waals surface area contributed by atoms with Gasteiger partial charge in [-0.15, -0.1) is 0 Å². The number of aromatic nitrogens is 1. The van der Waals surface area contributed by atoms with Crippen LogP contribution in [0.1, 0.15) is 48.6 Å². The maximum absolute atomic E-state index is 13.4. The van der Waals surface area contributed by atoms with Gasteiger partial charge in [-0.1, -0.05) is 41.7 Å². The lowest BCUT2D eigenvalue weighted by molar-refractivity contribution is 0.0529. The second-order valence-electron chi connectivity index (χ2n) is 6.58. The number of benzene rings is 2. The van der Waals surface area contributed by atoms with Gasteiger partial charge < -0.3 is 9.47 Å². The third-order valence-corrected chi connectivity index (χ3v) is 5.62. The minimum atomic E-state index is -0.477. The number of nitrogens with zero attached hydrogens (tertiary/aromatic N) is 2. The molecule has 0 spiro atoms. The first-order valence-electron chi connectivity index (χ1n) is 9.63. The Morgan fingerprint density at radius 3 is 2.23 bits per heavy atom. The van der Waals surface area contributed by atoms with Crippen molar-refractivity contribution in [1.29, 1.82) is 0 Å². The van der Waals surface area contributed by atoms with Gasteiger partial charge in [-0.2, -0.15) is 0 Å². The van der Waals surface area contributed by atoms with E-state index in [2.05, 4.69) is 4.98 Å². The van der Waals surface area contributed by atoms with E-state index in [1.54, 1.807) is 26.0 Å². The summed E-state index contributed by atoms with van der Waals surface area (Å²) in [5.74, 6) is -1.24. The van der Waals surface area contributed by atoms with Gasteiger partial charge in [0, 0.05) is 5.56 Å². The number of hydrogen-bond donors (Lipinski definition) is 0. The molecule has 1 amide bonds. The SMILES string of the molecule is CCOC(=O)c1sc(N(Cc2ccccc2)C(=O)c2ccc(C(=O)OC)cc2)nc1C. The summed E-state index contributed by atoms with van der Waals surface area (Å²) in [4.78, 5) is 43.6. The number of carbonyl (C=O) groups is 3. The number of carbonyl (C=O) groups excluding carboxylic acids is 3. The van der Waals surface area contributed by atoms with E-state index in [0.717, 1.165) is 16.9 Å². The average Bonchev–Trinajstić information content (AvgIpc) is 3.18. The molecule has 0 N–H and O–H groups in total. The Balaban J connectivity index is 1.97. The Morgan fingerprint density at radius 2 is 1.61 bits per heavy atom. The van der Waals surface area contributed by atoms with Crippen LogP contribution in [-0.2, 0) is 16.0 Å². The Labute approximate surface area is 184 Å². The van der Waals surface area contributed by atoms with Crippen LogP contribution in [-0.4, -0.2) is 36.5 Å². The highest BCUT2D eigenvalue weighted by atomic mass is 32.1. The number of anilines is 1. The van der Waals surface area contributed by atoms with Crippen LogP contribution in [0.2, 0.25) is 0 Å². The zero-order chi connectivity index (χ0) is 22.4. The van der Waals surface area contributed by atoms with Gasteiger partial charge >= 0.3 is 11.9 Å². The second kappa shape index (κ2) is 9.99. The number of methoxy groups -OCH3 is 1. The van der Waals surface area contributed by atoms with E-state index in [4.69, 9.17) is 9.47 Å². The summed E-state index contributed by atoms with van der Waals surface area (Å²) in [7, 11) is 1.30. The molecule has 0 saturated carbocycles. The number of rotatable bonds is 7. The average molecular weight is 439 g/mol. The highest BCUT2D eigenvalue weighted by Crippen LogP contribution is 2.29. The first-order valence-corrected chi connectivity index (χ1v) is 10.4. The van der Waals surface area contributed by atoms with E-state index in [9.17, 15) is 14.4 Å². The molecule has 1 aromatic heterocycles. The molecule has 3 aromatic rings. The highest BCUT2D eigenvalue weighted by molar-refractivity contribution is 7.17. The lowest BCUT2D eigenvalue weighted by atomic mass is 10.1. The Bertz CT molecular complexity index is 1080. The van der Waals surface area contributed by atoms with Gasteiger partial charge in [0.25, 0.3) is 5.91 Å². The van der Waals surface area contributed by atoms with Crippen LogP contribution in [0, 0.1) is 6.92 Å². The largest absolute Gasteiger partial charge is 0.465 e. The predicted molar refractivity (Wildman–Crippen MR) is 118 cm³/mol. The van der Waals surface area contributed by atoms with Gasteiger partial charge in [0.1, 0.15) is 4.88 Å². The van der Waals surface area contributed by atoms with E-state index < -0.39 is 11.9 Å². The van der Waals surface area contributed by atoms with Crippen molar-refractivity contribution in [3.63, 3.8) is 0 Å². The molecule has 0 saturated heterocycles. The number of hydrogen-bond acceptors (Lipinski definition) is 7. The lowest BCUT2D eigenvalue weighted by Gasteiger charge is -2.20. The molecule has 2 aromatic carbocycles. The third kappa shape index (κ3) is 5.16. The third-order valence-electron chi connectivity index (χ3n) is 4.46. The maximum atomic E-state index is 13.4. The first-order chi connectivity index (χ1) is 14.9. The molecule has 0 aliphatic heterocycles. The standard InChI is InChI=1S/C23H22N2O5S/c1-4-30-22(28)19-15(2)24-23(31-19)25(14-16-8-6-5-7-9-16)20(26)17-10-12-18(13-11-17)21(27)29-3/h5-13H,4,14H2,1-3H3. The van der Waals surface area contributed by atoms with E-state index in [1.807, 2.05) is 30.3 Å². The second-order valence-corrected chi connectivity index (χ2v) is 7.55. The molecule has 0 unspecified atom stereocenters. The molecular formula is C23H22N2O5S. The van der Waals surface area contributed by atoms with E-state index in [0.29, 0.717) is 26.8 Å². The van der Waals surface area contributed by atoms with Crippen molar-refractivity contribution in [3.8, 4) is 0 Å². The number of aryl methyl sites for hydroxylation is 1. The fourth-order valence-electron chi connectivity index (χ4n) is 2.90. The van der Waals surface area contributed by atoms with Gasteiger partial charge in [-0.25, -0.2) is 14.6 Å². The molecule has 8 heteroatoms. The van der Waals surface area contributed by atoms with Crippen LogP contribution < -0.4 is 4.90 Å². The Morgan fingerprint density at radius 1 is 0.968 bits per heavy atom. The van der Waals surface area contributed by atoms with Crippen LogP contribution >= 0.6 is 11.3 Å². The van der Waals surface area contributed by atoms with Gasteiger partial charge in [0.15, 0.2) is 5.13 Å². The van der Waals surface area contributed by atoms with Crippen molar-refractivity contribution >= 4 is 34.3 Å². The molecule has 160 valence electrons. The van der Waals surface area contributed by atoms with Gasteiger partial charge in [-0.05, 0) is 43.7 Å². The molecule has 0 radical (unpaired) electrons. The van der Waals surface area contributed by atoms with Crippen molar-refractivity contribution in [3.05, 3.63) is 81.9 Å². The minimum Gasteiger partial charge on any atom is -0.465 e. The van der Waals surface area contributed by atoms with Crippen molar-refractivity contribution in [1.82, 2.24) is 4.98 Å². The molecule has 3 rings (SSSR count). The normalized spacial score (nSPS) is 10.4. The summed E-state index contributed by atoms with van der Waals surface area (Å²) < 4.78 is 9.80. The number of thiazole rings is 1. The maximum Gasteiger partial charge on any atom is 0.350 e. The van der Waals surface area contributed by atoms with Gasteiger partial charge in [0.2, 0.25) is 0 Å². The molecule has 0 aliphatic rings. The molecule has 0 bridgehead atoms. The summed E-state index contributed by atoms with van der Waals surface area (Å²) in [5.41, 5.74) is 2.15. The highest BCUT2D eigenvalue weighted by Gasteiger charge is 2.25. The van der Waals surface area contributed by atoms with Gasteiger partial charge in [0.05, 0.1) is 31.5 Å². The predicted octanol–water partition coefficient (Wildman–Crippen LogP) is 4.26. The zero-order valence-electron chi connectivity index (χ0n) is 17.5. The molecule has 1 heterocycles. The molecule has 7 nitrogen and oxygen atoms in total. The van der Waals surface area contributed by atoms with Crippen LogP contribution in [0.4, 0.5) is 5.13 Å². The molecular weight excluding hydrogens is 416 g/mol. The molecule has 0 atom stereocenters. The first kappa shape index (κ1) is 22.2. The number of ether oxygens (including phenoxy) is 2. The number of amides is 1. The van der Waals surface area contributed by atoms with Crippen molar-refractivity contribution < 1.29 is 23.9 Å². The summed E-state index contributed by atoms with van der Waals surface area (Å²) in [5, 5.41) is 0.395. The summed E-state index contributed by atoms with van der Waals surface area (Å²) >= 11 is 1.11. The van der Waals surface area contributed by atoms with E-state index in [-0.39, 0.29) is 19.1 Å². The van der Waals surface area contributed by atoms with Crippen LogP contribution in [0.5, 0.6) is 0 Å². The fourth-order valence-corrected chi connectivity index (χ4v) is 3.86. The molecule has 0 fully saturated rings. The van der Waals surface area contributed by atoms with Gasteiger partial charge in [-0.3, -0.25) is 9.69 Å². The number of esters is 2. The van der Waals surface area contributed by atoms with Crippen molar-refractivity contribution in [2.24, 2.45) is 0 Å². The fraction of sp³-hybridized carbons (Fsp3) is 0.217. The summed E-state index contributed by atoms with van der Waals surface area (Å²) in [6, 6.07) is 15.7. The van der Waals surface area contributed by atoms with E-state index in [1.165, 1.54) is 24.1 Å². The van der Waals surface area contributed by atoms with Crippen molar-refractivity contribution in [2.75, 3.05) is 18.6 Å². The van der Waals surface area contributed by atoms with Crippen LogP contribution in [0.15, 0.2) is 54.6 Å². The Hall–Kier alpha value is -3.52. The summed E-state index contributed by atoms with van der Waals surface area (Å²) in [6.07, 6.45) is 0. The smallest absolute Gasteiger partial charge is 0.350 e. The monoisotopic (exact) mass is 438 g/mol. The minimum absolute atomic E-state index is 0.255.